The minimum absolute atomic E-state index is 0.188. The van der Waals surface area contributed by atoms with E-state index in [-0.39, 0.29) is 5.82 Å². The van der Waals surface area contributed by atoms with Gasteiger partial charge in [-0.2, -0.15) is 12.6 Å². The van der Waals surface area contributed by atoms with E-state index >= 15 is 0 Å². The molecule has 12 heavy (non-hydrogen) atoms. The Balaban J connectivity index is 2.78. The van der Waals surface area contributed by atoms with Crippen molar-refractivity contribution in [1.29, 1.82) is 0 Å². The van der Waals surface area contributed by atoms with Gasteiger partial charge in [0, 0.05) is 0 Å². The highest BCUT2D eigenvalue weighted by atomic mass is 79.9. The number of halogens is 2. The van der Waals surface area contributed by atoms with Gasteiger partial charge in [0.15, 0.2) is 0 Å². The summed E-state index contributed by atoms with van der Waals surface area (Å²) in [4.78, 5) is 0. The summed E-state index contributed by atoms with van der Waals surface area (Å²) in [5, 5.41) is 0. The maximum Gasteiger partial charge on any atom is 0.137 e. The molecule has 0 heterocycles. The zero-order chi connectivity index (χ0) is 8.97. The summed E-state index contributed by atoms with van der Waals surface area (Å²) in [5.74, 6) is 0.648. The number of hydrogen-bond acceptors (Lipinski definition) is 1. The number of hydrogen-bond donors (Lipinski definition) is 1. The molecular formula is C9H10BrFS. The normalized spacial score (nSPS) is 10.2. The monoisotopic (exact) mass is 248 g/mol. The van der Waals surface area contributed by atoms with Gasteiger partial charge in [-0.1, -0.05) is 12.1 Å². The van der Waals surface area contributed by atoms with Gasteiger partial charge in [0.2, 0.25) is 0 Å². The van der Waals surface area contributed by atoms with Crippen LogP contribution in [-0.4, -0.2) is 5.75 Å². The fraction of sp³-hybridized carbons (Fsp3) is 0.333. The van der Waals surface area contributed by atoms with Crippen LogP contribution in [0.25, 0.3) is 0 Å². The first-order valence-electron chi connectivity index (χ1n) is 3.79. The van der Waals surface area contributed by atoms with Gasteiger partial charge in [0.25, 0.3) is 0 Å². The van der Waals surface area contributed by atoms with E-state index in [0.29, 0.717) is 4.47 Å². The number of rotatable bonds is 3. The molecule has 0 radical (unpaired) electrons. The topological polar surface area (TPSA) is 0 Å². The Morgan fingerprint density at radius 1 is 1.42 bits per heavy atom. The van der Waals surface area contributed by atoms with E-state index < -0.39 is 0 Å². The van der Waals surface area contributed by atoms with E-state index in [4.69, 9.17) is 0 Å². The lowest BCUT2D eigenvalue weighted by atomic mass is 10.1. The van der Waals surface area contributed by atoms with E-state index in [2.05, 4.69) is 28.6 Å². The summed E-state index contributed by atoms with van der Waals surface area (Å²) in [6.07, 6.45) is 1.85. The van der Waals surface area contributed by atoms with Crippen molar-refractivity contribution >= 4 is 28.6 Å². The first kappa shape index (κ1) is 10.1. The molecule has 0 amide bonds. The summed E-state index contributed by atoms with van der Waals surface area (Å²) in [7, 11) is 0. The van der Waals surface area contributed by atoms with Gasteiger partial charge >= 0.3 is 0 Å². The van der Waals surface area contributed by atoms with Crippen molar-refractivity contribution in [3.05, 3.63) is 34.1 Å². The molecule has 0 fully saturated rings. The molecule has 0 saturated heterocycles. The van der Waals surface area contributed by atoms with Gasteiger partial charge in [-0.25, -0.2) is 4.39 Å². The third kappa shape index (κ3) is 2.49. The average molecular weight is 249 g/mol. The predicted molar refractivity (Wildman–Crippen MR) is 56.3 cm³/mol. The van der Waals surface area contributed by atoms with Gasteiger partial charge in [0.05, 0.1) is 4.47 Å². The fourth-order valence-electron chi connectivity index (χ4n) is 1.01. The quantitative estimate of drug-likeness (QED) is 0.779. The zero-order valence-electron chi connectivity index (χ0n) is 6.56. The fourth-order valence-corrected chi connectivity index (χ4v) is 1.63. The van der Waals surface area contributed by atoms with Crippen molar-refractivity contribution in [2.75, 3.05) is 5.75 Å². The van der Waals surface area contributed by atoms with Gasteiger partial charge in [-0.3, -0.25) is 0 Å². The summed E-state index contributed by atoms with van der Waals surface area (Å²) < 4.78 is 13.5. The summed E-state index contributed by atoms with van der Waals surface area (Å²) in [6.45, 7) is 0. The molecule has 3 heteroatoms. The lowest BCUT2D eigenvalue weighted by Gasteiger charge is -2.02. The van der Waals surface area contributed by atoms with Crippen LogP contribution in [0.4, 0.5) is 4.39 Å². The third-order valence-electron chi connectivity index (χ3n) is 1.64. The highest BCUT2D eigenvalue weighted by Gasteiger charge is 2.03. The molecule has 0 unspecified atom stereocenters. The zero-order valence-corrected chi connectivity index (χ0v) is 9.04. The highest BCUT2D eigenvalue weighted by molar-refractivity contribution is 9.10. The van der Waals surface area contributed by atoms with Crippen LogP contribution in [0.3, 0.4) is 0 Å². The second-order valence-corrected chi connectivity index (χ2v) is 3.78. The molecule has 0 spiro atoms. The highest BCUT2D eigenvalue weighted by Crippen LogP contribution is 2.21. The second-order valence-electron chi connectivity index (χ2n) is 2.54. The SMILES string of the molecule is Fc1cccc(CCCS)c1Br. The van der Waals surface area contributed by atoms with Crippen molar-refractivity contribution in [3.8, 4) is 0 Å². The molecule has 0 aromatic heterocycles. The minimum Gasteiger partial charge on any atom is -0.206 e. The predicted octanol–water partition coefficient (Wildman–Crippen LogP) is 3.45. The summed E-state index contributed by atoms with van der Waals surface area (Å²) >= 11 is 7.31. The van der Waals surface area contributed by atoms with Crippen LogP contribution in [0.2, 0.25) is 0 Å². The van der Waals surface area contributed by atoms with E-state index in [1.807, 2.05) is 6.07 Å². The van der Waals surface area contributed by atoms with E-state index in [1.54, 1.807) is 6.07 Å². The molecule has 0 aliphatic rings. The van der Waals surface area contributed by atoms with Crippen LogP contribution >= 0.6 is 28.6 Å². The number of aryl methyl sites for hydroxylation is 1. The molecule has 1 aromatic rings. The van der Waals surface area contributed by atoms with Crippen LogP contribution in [0.5, 0.6) is 0 Å². The third-order valence-corrected chi connectivity index (χ3v) is 2.84. The standard InChI is InChI=1S/C9H10BrFS/c10-9-7(4-2-6-12)3-1-5-8(9)11/h1,3,5,12H,2,4,6H2. The van der Waals surface area contributed by atoms with E-state index in [1.165, 1.54) is 6.07 Å². The first-order chi connectivity index (χ1) is 5.75. The van der Waals surface area contributed by atoms with Crippen molar-refractivity contribution in [1.82, 2.24) is 0 Å². The van der Waals surface area contributed by atoms with E-state index in [0.717, 1.165) is 24.2 Å². The lowest BCUT2D eigenvalue weighted by Crippen LogP contribution is -1.90. The molecule has 0 nitrogen and oxygen atoms in total. The second kappa shape index (κ2) is 4.87. The minimum atomic E-state index is -0.188. The Hall–Kier alpha value is -0.0200. The van der Waals surface area contributed by atoms with Crippen molar-refractivity contribution in [2.24, 2.45) is 0 Å². The Bertz CT molecular complexity index is 263. The Labute approximate surface area is 85.7 Å². The van der Waals surface area contributed by atoms with Gasteiger partial charge in [-0.05, 0) is 46.2 Å². The molecule has 0 aliphatic carbocycles. The summed E-state index contributed by atoms with van der Waals surface area (Å²) in [5.41, 5.74) is 1.02. The molecule has 0 atom stereocenters. The molecular weight excluding hydrogens is 239 g/mol. The molecule has 0 aliphatic heterocycles. The smallest absolute Gasteiger partial charge is 0.137 e. The Morgan fingerprint density at radius 3 is 2.83 bits per heavy atom. The Kier molecular flexibility index (Phi) is 4.09. The molecule has 0 bridgehead atoms. The van der Waals surface area contributed by atoms with Gasteiger partial charge in [-0.15, -0.1) is 0 Å². The maximum atomic E-state index is 12.9. The molecule has 0 N–H and O–H groups in total. The van der Waals surface area contributed by atoms with E-state index in [9.17, 15) is 4.39 Å². The van der Waals surface area contributed by atoms with Gasteiger partial charge < -0.3 is 0 Å². The summed E-state index contributed by atoms with van der Waals surface area (Å²) in [6, 6.07) is 5.11. The van der Waals surface area contributed by atoms with Crippen molar-refractivity contribution < 1.29 is 4.39 Å². The Morgan fingerprint density at radius 2 is 2.17 bits per heavy atom. The molecule has 0 saturated carbocycles. The van der Waals surface area contributed by atoms with Gasteiger partial charge in [0.1, 0.15) is 5.82 Å². The van der Waals surface area contributed by atoms with Crippen molar-refractivity contribution in [3.63, 3.8) is 0 Å². The average Bonchev–Trinajstić information content (AvgIpc) is 2.08. The van der Waals surface area contributed by atoms with Crippen molar-refractivity contribution in [2.45, 2.75) is 12.8 Å². The van der Waals surface area contributed by atoms with Crippen LogP contribution in [0.1, 0.15) is 12.0 Å². The lowest BCUT2D eigenvalue weighted by molar-refractivity contribution is 0.617. The first-order valence-corrected chi connectivity index (χ1v) is 5.22. The molecule has 1 rings (SSSR count). The van der Waals surface area contributed by atoms with Crippen LogP contribution in [-0.2, 0) is 6.42 Å². The maximum absolute atomic E-state index is 12.9. The van der Waals surface area contributed by atoms with Crippen LogP contribution in [0, 0.1) is 5.82 Å². The van der Waals surface area contributed by atoms with Crippen LogP contribution in [0.15, 0.2) is 22.7 Å². The van der Waals surface area contributed by atoms with Crippen LogP contribution < -0.4 is 0 Å². The number of thiol groups is 1. The largest absolute Gasteiger partial charge is 0.206 e. The molecule has 66 valence electrons. The number of benzene rings is 1. The molecule has 1 aromatic carbocycles.